The Labute approximate surface area is 121 Å². The Balaban J connectivity index is 2.38. The van der Waals surface area contributed by atoms with E-state index >= 15 is 0 Å². The number of rotatable bonds is 3. The predicted molar refractivity (Wildman–Crippen MR) is 79.7 cm³/mol. The summed E-state index contributed by atoms with van der Waals surface area (Å²) in [4.78, 5) is 4.31. The lowest BCUT2D eigenvalue weighted by molar-refractivity contribution is 0.475. The Kier molecular flexibility index (Phi) is 4.43. The second-order valence-corrected chi connectivity index (χ2v) is 4.76. The largest absolute Gasteiger partial charge is 0.506 e. The van der Waals surface area contributed by atoms with Crippen molar-refractivity contribution < 1.29 is 5.11 Å². The molecule has 2 rings (SSSR count). The fraction of sp³-hybridized carbons (Fsp3) is 0.0714. The van der Waals surface area contributed by atoms with E-state index in [1.165, 1.54) is 12.3 Å². The van der Waals surface area contributed by atoms with Crippen LogP contribution in [0, 0.1) is 0 Å². The van der Waals surface area contributed by atoms with Gasteiger partial charge in [0.15, 0.2) is 0 Å². The lowest BCUT2D eigenvalue weighted by atomic mass is 10.2. The summed E-state index contributed by atoms with van der Waals surface area (Å²) in [7, 11) is 0. The molecule has 0 aliphatic heterocycles. The van der Waals surface area contributed by atoms with E-state index in [0.29, 0.717) is 17.1 Å². The van der Waals surface area contributed by atoms with Gasteiger partial charge in [0, 0.05) is 23.3 Å². The van der Waals surface area contributed by atoms with Gasteiger partial charge in [-0.2, -0.15) is 0 Å². The van der Waals surface area contributed by atoms with Gasteiger partial charge in [-0.25, -0.2) is 0 Å². The third-order valence-corrected chi connectivity index (χ3v) is 3.12. The topological polar surface area (TPSA) is 58.6 Å². The van der Waals surface area contributed by atoms with Crippen molar-refractivity contribution in [1.29, 1.82) is 0 Å². The van der Waals surface area contributed by atoms with E-state index in [2.05, 4.69) is 4.99 Å². The molecule has 0 radical (unpaired) electrons. The summed E-state index contributed by atoms with van der Waals surface area (Å²) in [6.45, 7) is 0.399. The molecule has 0 amide bonds. The monoisotopic (exact) mass is 294 g/mol. The van der Waals surface area contributed by atoms with Crippen LogP contribution in [0.2, 0.25) is 10.0 Å². The molecule has 0 atom stereocenters. The maximum absolute atomic E-state index is 9.82. The molecule has 19 heavy (non-hydrogen) atoms. The van der Waals surface area contributed by atoms with Crippen molar-refractivity contribution in [3.63, 3.8) is 0 Å². The molecular weight excluding hydrogens is 283 g/mol. The molecule has 0 heterocycles. The Morgan fingerprint density at radius 1 is 1.21 bits per heavy atom. The maximum Gasteiger partial charge on any atom is 0.143 e. The van der Waals surface area contributed by atoms with Gasteiger partial charge in [0.1, 0.15) is 5.75 Å². The Morgan fingerprint density at radius 2 is 1.95 bits per heavy atom. The lowest BCUT2D eigenvalue weighted by Crippen LogP contribution is -1.96. The number of aromatic hydroxyl groups is 1. The smallest absolute Gasteiger partial charge is 0.143 e. The number of para-hydroxylation sites is 1. The van der Waals surface area contributed by atoms with Crippen molar-refractivity contribution in [2.45, 2.75) is 6.54 Å². The van der Waals surface area contributed by atoms with Gasteiger partial charge in [0.2, 0.25) is 0 Å². The van der Waals surface area contributed by atoms with Crippen LogP contribution in [-0.2, 0) is 6.54 Å². The molecule has 0 bridgehead atoms. The number of hydrogen-bond donors (Lipinski definition) is 2. The first-order valence-electron chi connectivity index (χ1n) is 5.62. The Hall–Kier alpha value is -1.55. The predicted octanol–water partition coefficient (Wildman–Crippen LogP) is 3.91. The molecule has 98 valence electrons. The zero-order chi connectivity index (χ0) is 13.8. The number of halogens is 2. The molecule has 2 aromatic carbocycles. The molecule has 0 saturated heterocycles. The van der Waals surface area contributed by atoms with E-state index in [1.54, 1.807) is 6.07 Å². The number of aliphatic imine (C=N–C) groups is 1. The fourth-order valence-electron chi connectivity index (χ4n) is 1.63. The number of nitrogens with zero attached hydrogens (tertiary/aromatic N) is 1. The van der Waals surface area contributed by atoms with Gasteiger partial charge in [0.25, 0.3) is 0 Å². The normalized spacial score (nSPS) is 11.1. The highest BCUT2D eigenvalue weighted by Gasteiger charge is 2.06. The van der Waals surface area contributed by atoms with E-state index in [4.69, 9.17) is 28.9 Å². The zero-order valence-electron chi connectivity index (χ0n) is 9.98. The number of benzene rings is 2. The highest BCUT2D eigenvalue weighted by atomic mass is 35.5. The van der Waals surface area contributed by atoms with Crippen LogP contribution in [0.4, 0.5) is 5.69 Å². The summed E-state index contributed by atoms with van der Waals surface area (Å²) in [6, 6.07) is 10.6. The highest BCUT2D eigenvalue weighted by Crippen LogP contribution is 2.30. The van der Waals surface area contributed by atoms with Crippen LogP contribution in [0.3, 0.4) is 0 Å². The third kappa shape index (κ3) is 3.26. The van der Waals surface area contributed by atoms with E-state index in [1.807, 2.05) is 24.3 Å². The summed E-state index contributed by atoms with van der Waals surface area (Å²) in [5.74, 6) is -0.0416. The molecular formula is C14H12Cl2N2O. The second-order valence-electron chi connectivity index (χ2n) is 3.92. The molecule has 0 unspecified atom stereocenters. The molecule has 0 aliphatic carbocycles. The molecule has 3 nitrogen and oxygen atoms in total. The summed E-state index contributed by atoms with van der Waals surface area (Å²) in [6.07, 6.45) is 1.52. The van der Waals surface area contributed by atoms with Gasteiger partial charge in [-0.3, -0.25) is 4.99 Å². The number of phenolic OH excluding ortho intramolecular Hbond substituents is 1. The van der Waals surface area contributed by atoms with Crippen LogP contribution in [0.5, 0.6) is 5.75 Å². The summed E-state index contributed by atoms with van der Waals surface area (Å²) < 4.78 is 0. The Bertz CT molecular complexity index is 627. The van der Waals surface area contributed by atoms with Crippen LogP contribution in [-0.4, -0.2) is 11.3 Å². The molecule has 0 spiro atoms. The summed E-state index contributed by atoms with van der Waals surface area (Å²) in [5, 5.41) is 10.5. The van der Waals surface area contributed by atoms with E-state index in [9.17, 15) is 5.11 Å². The minimum absolute atomic E-state index is 0.0416. The Morgan fingerprint density at radius 3 is 2.68 bits per heavy atom. The zero-order valence-corrected chi connectivity index (χ0v) is 11.5. The number of phenols is 1. The summed E-state index contributed by atoms with van der Waals surface area (Å²) >= 11 is 11.7. The van der Waals surface area contributed by atoms with Crippen LogP contribution < -0.4 is 5.73 Å². The number of hydrogen-bond acceptors (Lipinski definition) is 3. The maximum atomic E-state index is 9.82. The SMILES string of the molecule is NCc1ccccc1N=Cc1cc(Cl)cc(Cl)c1O. The second kappa shape index (κ2) is 6.06. The molecule has 0 aliphatic rings. The van der Waals surface area contributed by atoms with Gasteiger partial charge in [-0.15, -0.1) is 0 Å². The van der Waals surface area contributed by atoms with Crippen molar-refractivity contribution in [2.75, 3.05) is 0 Å². The van der Waals surface area contributed by atoms with Crippen molar-refractivity contribution in [2.24, 2.45) is 10.7 Å². The standard InChI is InChI=1S/C14H12Cl2N2O/c15-11-5-10(14(19)12(16)6-11)8-18-13-4-2-1-3-9(13)7-17/h1-6,8,19H,7,17H2. The van der Waals surface area contributed by atoms with Gasteiger partial charge < -0.3 is 10.8 Å². The first kappa shape index (κ1) is 13.9. The quantitative estimate of drug-likeness (QED) is 0.843. The van der Waals surface area contributed by atoms with Gasteiger partial charge in [-0.05, 0) is 23.8 Å². The fourth-order valence-corrected chi connectivity index (χ4v) is 2.14. The minimum Gasteiger partial charge on any atom is -0.506 e. The first-order chi connectivity index (χ1) is 9.11. The highest BCUT2D eigenvalue weighted by molar-refractivity contribution is 6.36. The van der Waals surface area contributed by atoms with Crippen molar-refractivity contribution in [1.82, 2.24) is 0 Å². The molecule has 5 heteroatoms. The third-order valence-electron chi connectivity index (χ3n) is 2.61. The first-order valence-corrected chi connectivity index (χ1v) is 6.37. The number of nitrogens with two attached hydrogens (primary N) is 1. The van der Waals surface area contributed by atoms with Crippen LogP contribution >= 0.6 is 23.2 Å². The van der Waals surface area contributed by atoms with E-state index in [-0.39, 0.29) is 10.8 Å². The molecule has 3 N–H and O–H groups in total. The van der Waals surface area contributed by atoms with Gasteiger partial charge in [0.05, 0.1) is 10.7 Å². The van der Waals surface area contributed by atoms with Gasteiger partial charge >= 0.3 is 0 Å². The van der Waals surface area contributed by atoms with Gasteiger partial charge in [-0.1, -0.05) is 41.4 Å². The molecule has 0 fully saturated rings. The molecule has 0 saturated carbocycles. The molecule has 0 aromatic heterocycles. The van der Waals surface area contributed by atoms with E-state index < -0.39 is 0 Å². The van der Waals surface area contributed by atoms with Crippen LogP contribution in [0.15, 0.2) is 41.4 Å². The average Bonchev–Trinajstić information content (AvgIpc) is 2.41. The van der Waals surface area contributed by atoms with Crippen molar-refractivity contribution >= 4 is 35.1 Å². The lowest BCUT2D eigenvalue weighted by Gasteiger charge is -2.04. The van der Waals surface area contributed by atoms with Crippen molar-refractivity contribution in [3.05, 3.63) is 57.6 Å². The van der Waals surface area contributed by atoms with Crippen molar-refractivity contribution in [3.8, 4) is 5.75 Å². The van der Waals surface area contributed by atoms with E-state index in [0.717, 1.165) is 11.3 Å². The molecule has 2 aromatic rings. The van der Waals surface area contributed by atoms with Crippen LogP contribution in [0.25, 0.3) is 0 Å². The minimum atomic E-state index is -0.0416. The summed E-state index contributed by atoms with van der Waals surface area (Å²) in [5.41, 5.74) is 7.77. The average molecular weight is 295 g/mol. The van der Waals surface area contributed by atoms with Crippen LogP contribution in [0.1, 0.15) is 11.1 Å².